The van der Waals surface area contributed by atoms with Gasteiger partial charge in [-0.05, 0) is 38.3 Å². The minimum absolute atomic E-state index is 0.147. The summed E-state index contributed by atoms with van der Waals surface area (Å²) in [5.41, 5.74) is 0.716. The van der Waals surface area contributed by atoms with Gasteiger partial charge in [-0.3, -0.25) is 9.69 Å². The molecule has 2 N–H and O–H groups in total. The third kappa shape index (κ3) is 4.33. The van der Waals surface area contributed by atoms with Crippen molar-refractivity contribution >= 4 is 34.8 Å². The van der Waals surface area contributed by atoms with E-state index in [4.69, 9.17) is 23.2 Å². The molecule has 1 fully saturated rings. The number of halogens is 2. The second-order valence-electron chi connectivity index (χ2n) is 5.87. The molecular formula is C15H20Cl2N2O2. The molecule has 0 saturated carbocycles. The summed E-state index contributed by atoms with van der Waals surface area (Å²) < 4.78 is 0. The zero-order chi connectivity index (χ0) is 15.6. The molecule has 0 radical (unpaired) electrons. The molecule has 0 aliphatic carbocycles. The predicted octanol–water partition coefficient (Wildman–Crippen LogP) is 3.09. The molecule has 21 heavy (non-hydrogen) atoms. The van der Waals surface area contributed by atoms with Crippen molar-refractivity contribution in [1.82, 2.24) is 4.90 Å². The van der Waals surface area contributed by atoms with Crippen LogP contribution in [0.5, 0.6) is 0 Å². The monoisotopic (exact) mass is 330 g/mol. The number of hydrogen-bond acceptors (Lipinski definition) is 3. The summed E-state index contributed by atoms with van der Waals surface area (Å²) in [6.45, 7) is 5.37. The molecule has 1 aliphatic heterocycles. The van der Waals surface area contributed by atoms with Gasteiger partial charge >= 0.3 is 0 Å². The van der Waals surface area contributed by atoms with Crippen molar-refractivity contribution in [2.45, 2.75) is 32.3 Å². The Labute approximate surface area is 135 Å². The van der Waals surface area contributed by atoms with Gasteiger partial charge < -0.3 is 10.4 Å². The van der Waals surface area contributed by atoms with Crippen LogP contribution in [0, 0.1) is 6.92 Å². The van der Waals surface area contributed by atoms with E-state index in [1.807, 2.05) is 24.8 Å². The number of nitrogens with zero attached hydrogens (tertiary/aromatic N) is 1. The first-order valence-electron chi connectivity index (χ1n) is 6.98. The van der Waals surface area contributed by atoms with E-state index in [0.717, 1.165) is 5.56 Å². The Morgan fingerprint density at radius 3 is 2.62 bits per heavy atom. The molecule has 0 spiro atoms. The molecule has 1 aromatic rings. The molecule has 1 amide bonds. The van der Waals surface area contributed by atoms with Crippen molar-refractivity contribution in [2.75, 3.05) is 25.0 Å². The third-order valence-electron chi connectivity index (χ3n) is 3.85. The maximum absolute atomic E-state index is 12.1. The minimum atomic E-state index is -0.615. The van der Waals surface area contributed by atoms with Crippen molar-refractivity contribution in [1.29, 1.82) is 0 Å². The van der Waals surface area contributed by atoms with Gasteiger partial charge in [0.2, 0.25) is 5.91 Å². The van der Waals surface area contributed by atoms with Gasteiger partial charge in [0.05, 0.1) is 27.9 Å². The molecule has 4 nitrogen and oxygen atoms in total. The van der Waals surface area contributed by atoms with Crippen LogP contribution < -0.4 is 5.32 Å². The van der Waals surface area contributed by atoms with Crippen LogP contribution in [0.1, 0.15) is 25.3 Å². The van der Waals surface area contributed by atoms with E-state index in [2.05, 4.69) is 5.32 Å². The summed E-state index contributed by atoms with van der Waals surface area (Å²) in [5.74, 6) is -0.147. The van der Waals surface area contributed by atoms with E-state index in [-0.39, 0.29) is 12.5 Å². The van der Waals surface area contributed by atoms with Crippen molar-refractivity contribution in [2.24, 2.45) is 0 Å². The Morgan fingerprint density at radius 2 is 2.00 bits per heavy atom. The van der Waals surface area contributed by atoms with Crippen molar-refractivity contribution in [3.05, 3.63) is 27.7 Å². The number of aliphatic hydroxyl groups is 1. The second-order valence-corrected chi connectivity index (χ2v) is 6.66. The molecule has 1 aromatic carbocycles. The Bertz CT molecular complexity index is 537. The molecule has 1 aliphatic rings. The minimum Gasteiger partial charge on any atom is -0.390 e. The number of benzene rings is 1. The number of aryl methyl sites for hydroxylation is 1. The average molecular weight is 331 g/mol. The fraction of sp³-hybridized carbons (Fsp3) is 0.533. The average Bonchev–Trinajstić information content (AvgIpc) is 2.42. The van der Waals surface area contributed by atoms with Gasteiger partial charge in [0, 0.05) is 13.1 Å². The number of nitrogens with one attached hydrogen (secondary N) is 1. The zero-order valence-corrected chi connectivity index (χ0v) is 13.8. The van der Waals surface area contributed by atoms with Crippen LogP contribution in [-0.4, -0.2) is 41.1 Å². The number of rotatable bonds is 3. The number of likely N-dealkylation sites (tertiary alicyclic amines) is 1. The number of carbonyl (C=O) groups excluding carboxylic acids is 1. The lowest BCUT2D eigenvalue weighted by atomic mass is 9.94. The van der Waals surface area contributed by atoms with Crippen LogP contribution in [0.4, 0.5) is 5.69 Å². The van der Waals surface area contributed by atoms with Gasteiger partial charge in [-0.1, -0.05) is 29.3 Å². The molecule has 6 heteroatoms. The highest BCUT2D eigenvalue weighted by atomic mass is 35.5. The van der Waals surface area contributed by atoms with Crippen LogP contribution >= 0.6 is 23.2 Å². The van der Waals surface area contributed by atoms with Crippen LogP contribution in [0.25, 0.3) is 0 Å². The number of piperidine rings is 1. The van der Waals surface area contributed by atoms with Crippen molar-refractivity contribution in [3.63, 3.8) is 0 Å². The topological polar surface area (TPSA) is 52.6 Å². The van der Waals surface area contributed by atoms with E-state index in [0.29, 0.717) is 41.7 Å². The molecule has 1 heterocycles. The van der Waals surface area contributed by atoms with E-state index < -0.39 is 5.60 Å². The van der Waals surface area contributed by atoms with Crippen molar-refractivity contribution in [3.8, 4) is 0 Å². The van der Waals surface area contributed by atoms with E-state index in [1.54, 1.807) is 6.07 Å². The van der Waals surface area contributed by atoms with Crippen molar-refractivity contribution < 1.29 is 9.90 Å². The first kappa shape index (κ1) is 16.6. The predicted molar refractivity (Wildman–Crippen MR) is 86.1 cm³/mol. The first-order chi connectivity index (χ1) is 9.78. The van der Waals surface area contributed by atoms with Crippen LogP contribution in [-0.2, 0) is 4.79 Å². The molecule has 0 aromatic heterocycles. The summed E-state index contributed by atoms with van der Waals surface area (Å²) in [4.78, 5) is 14.1. The lowest BCUT2D eigenvalue weighted by Gasteiger charge is -2.35. The SMILES string of the molecule is Cc1ccc(Cl)c(NC(=O)CN2CCC(C)(O)CC2)c1Cl. The lowest BCUT2D eigenvalue weighted by molar-refractivity contribution is -0.118. The number of carbonyl (C=O) groups is 1. The quantitative estimate of drug-likeness (QED) is 0.895. The number of amides is 1. The standard InChI is InChI=1S/C15H20Cl2N2O2/c1-10-3-4-11(16)14(13(10)17)18-12(20)9-19-7-5-15(2,21)6-8-19/h3-4,21H,5-9H2,1-2H3,(H,18,20). The molecular weight excluding hydrogens is 311 g/mol. The largest absolute Gasteiger partial charge is 0.390 e. The van der Waals surface area contributed by atoms with Gasteiger partial charge in [-0.2, -0.15) is 0 Å². The summed E-state index contributed by atoms with van der Waals surface area (Å²) >= 11 is 12.3. The third-order valence-corrected chi connectivity index (χ3v) is 4.65. The Balaban J connectivity index is 1.96. The maximum Gasteiger partial charge on any atom is 0.238 e. The smallest absolute Gasteiger partial charge is 0.238 e. The number of anilines is 1. The van der Waals surface area contributed by atoms with Gasteiger partial charge in [-0.25, -0.2) is 0 Å². The normalized spacial score (nSPS) is 18.5. The highest BCUT2D eigenvalue weighted by Crippen LogP contribution is 2.32. The van der Waals surface area contributed by atoms with Gasteiger partial charge in [0.1, 0.15) is 0 Å². The molecule has 0 bridgehead atoms. The Hall–Kier alpha value is -0.810. The highest BCUT2D eigenvalue weighted by Gasteiger charge is 2.28. The van der Waals surface area contributed by atoms with Gasteiger partial charge in [0.15, 0.2) is 0 Å². The maximum atomic E-state index is 12.1. The number of hydrogen-bond donors (Lipinski definition) is 2. The summed E-state index contributed by atoms with van der Waals surface area (Å²) in [6, 6.07) is 3.53. The summed E-state index contributed by atoms with van der Waals surface area (Å²) in [6.07, 6.45) is 1.35. The van der Waals surface area contributed by atoms with Gasteiger partial charge in [0.25, 0.3) is 0 Å². The van der Waals surface area contributed by atoms with Gasteiger partial charge in [-0.15, -0.1) is 0 Å². The van der Waals surface area contributed by atoms with Crippen LogP contribution in [0.15, 0.2) is 12.1 Å². The second kappa shape index (κ2) is 6.53. The molecule has 2 rings (SSSR count). The zero-order valence-electron chi connectivity index (χ0n) is 12.2. The summed E-state index contributed by atoms with van der Waals surface area (Å²) in [5, 5.41) is 13.6. The Morgan fingerprint density at radius 1 is 1.38 bits per heavy atom. The fourth-order valence-electron chi connectivity index (χ4n) is 2.35. The van der Waals surface area contributed by atoms with E-state index >= 15 is 0 Å². The van der Waals surface area contributed by atoms with Crippen LogP contribution in [0.3, 0.4) is 0 Å². The molecule has 116 valence electrons. The Kier molecular flexibility index (Phi) is 5.15. The van der Waals surface area contributed by atoms with Crippen LogP contribution in [0.2, 0.25) is 10.0 Å². The fourth-order valence-corrected chi connectivity index (χ4v) is 2.81. The molecule has 1 saturated heterocycles. The first-order valence-corrected chi connectivity index (χ1v) is 7.73. The lowest BCUT2D eigenvalue weighted by Crippen LogP contribution is -2.45. The van der Waals surface area contributed by atoms with E-state index in [1.165, 1.54) is 0 Å². The van der Waals surface area contributed by atoms with E-state index in [9.17, 15) is 9.90 Å². The molecule has 0 atom stereocenters. The molecule has 0 unspecified atom stereocenters. The highest BCUT2D eigenvalue weighted by molar-refractivity contribution is 6.40. The summed E-state index contributed by atoms with van der Waals surface area (Å²) in [7, 11) is 0.